The highest BCUT2D eigenvalue weighted by Gasteiger charge is 2.12. The van der Waals surface area contributed by atoms with E-state index in [1.807, 2.05) is 30.3 Å². The van der Waals surface area contributed by atoms with E-state index in [1.165, 1.54) is 12.1 Å². The standard InChI is InChI=1S/C21H18FN5O2/c22-17-8-6-16(7-9-17)21-25-20(29-26-21)11-10-19(28)24-18-12-13-23-27(18)14-15-4-2-1-3-5-15/h1-9,12-13H,10-11,14H2,(H,24,28). The second-order valence-electron chi connectivity index (χ2n) is 6.43. The molecule has 29 heavy (non-hydrogen) atoms. The first kappa shape index (κ1) is 18.5. The Kier molecular flexibility index (Phi) is 5.42. The fourth-order valence-electron chi connectivity index (χ4n) is 2.82. The van der Waals surface area contributed by atoms with Gasteiger partial charge in [-0.2, -0.15) is 10.1 Å². The molecule has 8 heteroatoms. The number of carbonyl (C=O) groups excluding carboxylic acids is 1. The SMILES string of the molecule is O=C(CCc1nc(-c2ccc(F)cc2)no1)Nc1ccnn1Cc1ccccc1. The number of nitrogens with zero attached hydrogens (tertiary/aromatic N) is 4. The van der Waals surface area contributed by atoms with Crippen LogP contribution in [0.25, 0.3) is 11.4 Å². The summed E-state index contributed by atoms with van der Waals surface area (Å²) < 4.78 is 19.9. The molecule has 2 aromatic carbocycles. The van der Waals surface area contributed by atoms with E-state index < -0.39 is 0 Å². The lowest BCUT2D eigenvalue weighted by Crippen LogP contribution is -2.16. The zero-order valence-electron chi connectivity index (χ0n) is 15.5. The number of rotatable bonds is 7. The van der Waals surface area contributed by atoms with Crippen LogP contribution in [0.1, 0.15) is 17.9 Å². The van der Waals surface area contributed by atoms with Crippen molar-refractivity contribution in [3.63, 3.8) is 0 Å². The van der Waals surface area contributed by atoms with E-state index in [4.69, 9.17) is 4.52 Å². The van der Waals surface area contributed by atoms with Gasteiger partial charge < -0.3 is 9.84 Å². The minimum absolute atomic E-state index is 0.179. The van der Waals surface area contributed by atoms with Crippen LogP contribution in [0, 0.1) is 5.82 Å². The van der Waals surface area contributed by atoms with Crippen LogP contribution in [0.4, 0.5) is 10.2 Å². The van der Waals surface area contributed by atoms with Crippen molar-refractivity contribution in [1.82, 2.24) is 19.9 Å². The Morgan fingerprint density at radius 1 is 1.07 bits per heavy atom. The molecule has 0 radical (unpaired) electrons. The van der Waals surface area contributed by atoms with E-state index in [1.54, 1.807) is 29.1 Å². The maximum absolute atomic E-state index is 13.0. The molecule has 0 unspecified atom stereocenters. The van der Waals surface area contributed by atoms with Gasteiger partial charge in [-0.1, -0.05) is 35.5 Å². The number of anilines is 1. The highest BCUT2D eigenvalue weighted by Crippen LogP contribution is 2.17. The molecule has 0 saturated carbocycles. The molecule has 2 aromatic heterocycles. The molecule has 2 heterocycles. The van der Waals surface area contributed by atoms with Crippen LogP contribution in [-0.4, -0.2) is 25.8 Å². The number of carbonyl (C=O) groups is 1. The second-order valence-corrected chi connectivity index (χ2v) is 6.43. The summed E-state index contributed by atoms with van der Waals surface area (Å²) in [4.78, 5) is 16.6. The molecule has 0 aliphatic heterocycles. The summed E-state index contributed by atoms with van der Waals surface area (Å²) in [5.74, 6) is 0.817. The van der Waals surface area contributed by atoms with Gasteiger partial charge in [-0.25, -0.2) is 9.07 Å². The number of nitrogens with one attached hydrogen (secondary N) is 1. The molecule has 0 fully saturated rings. The largest absolute Gasteiger partial charge is 0.339 e. The summed E-state index contributed by atoms with van der Waals surface area (Å²) in [7, 11) is 0. The van der Waals surface area contributed by atoms with Crippen molar-refractivity contribution in [2.45, 2.75) is 19.4 Å². The van der Waals surface area contributed by atoms with Crippen molar-refractivity contribution < 1.29 is 13.7 Å². The minimum atomic E-state index is -0.333. The Morgan fingerprint density at radius 2 is 1.86 bits per heavy atom. The number of aromatic nitrogens is 4. The smallest absolute Gasteiger partial charge is 0.227 e. The van der Waals surface area contributed by atoms with Gasteiger partial charge in [0.1, 0.15) is 11.6 Å². The van der Waals surface area contributed by atoms with Gasteiger partial charge in [0.2, 0.25) is 17.6 Å². The summed E-state index contributed by atoms with van der Waals surface area (Å²) >= 11 is 0. The molecule has 0 saturated heterocycles. The van der Waals surface area contributed by atoms with Gasteiger partial charge in [0, 0.05) is 24.5 Å². The molecule has 0 aliphatic carbocycles. The molecular weight excluding hydrogens is 373 g/mol. The summed E-state index contributed by atoms with van der Waals surface area (Å²) in [5.41, 5.74) is 1.74. The highest BCUT2D eigenvalue weighted by molar-refractivity contribution is 5.89. The summed E-state index contributed by atoms with van der Waals surface area (Å²) in [6.07, 6.45) is 2.12. The lowest BCUT2D eigenvalue weighted by molar-refractivity contribution is -0.116. The van der Waals surface area contributed by atoms with Crippen molar-refractivity contribution in [2.75, 3.05) is 5.32 Å². The third-order valence-electron chi connectivity index (χ3n) is 4.30. The van der Waals surface area contributed by atoms with Crippen LogP contribution in [-0.2, 0) is 17.8 Å². The second kappa shape index (κ2) is 8.47. The molecule has 4 rings (SSSR count). The van der Waals surface area contributed by atoms with E-state index in [0.29, 0.717) is 36.1 Å². The lowest BCUT2D eigenvalue weighted by Gasteiger charge is -2.08. The van der Waals surface area contributed by atoms with Crippen LogP contribution < -0.4 is 5.32 Å². The van der Waals surface area contributed by atoms with Crippen molar-refractivity contribution in [3.05, 3.63) is 84.1 Å². The predicted molar refractivity (Wildman–Crippen MR) is 104 cm³/mol. The van der Waals surface area contributed by atoms with Crippen LogP contribution in [0.2, 0.25) is 0 Å². The zero-order chi connectivity index (χ0) is 20.1. The number of halogens is 1. The minimum Gasteiger partial charge on any atom is -0.339 e. The Hall–Kier alpha value is -3.81. The quantitative estimate of drug-likeness (QED) is 0.519. The first-order valence-electron chi connectivity index (χ1n) is 9.11. The van der Waals surface area contributed by atoms with Crippen LogP contribution in [0.5, 0.6) is 0 Å². The fraction of sp³-hybridized carbons (Fsp3) is 0.143. The first-order valence-corrected chi connectivity index (χ1v) is 9.11. The number of hydrogen-bond donors (Lipinski definition) is 1. The fourth-order valence-corrected chi connectivity index (χ4v) is 2.82. The molecule has 0 spiro atoms. The number of amides is 1. The van der Waals surface area contributed by atoms with Gasteiger partial charge in [-0.05, 0) is 29.8 Å². The van der Waals surface area contributed by atoms with Gasteiger partial charge in [0.25, 0.3) is 0 Å². The van der Waals surface area contributed by atoms with Crippen molar-refractivity contribution in [1.29, 1.82) is 0 Å². The lowest BCUT2D eigenvalue weighted by atomic mass is 10.2. The molecule has 7 nitrogen and oxygen atoms in total. The molecule has 0 aliphatic rings. The van der Waals surface area contributed by atoms with E-state index in [-0.39, 0.29) is 18.1 Å². The van der Waals surface area contributed by atoms with E-state index in [0.717, 1.165) is 5.56 Å². The molecule has 1 amide bonds. The van der Waals surface area contributed by atoms with Crippen molar-refractivity contribution >= 4 is 11.7 Å². The number of benzene rings is 2. The molecule has 146 valence electrons. The predicted octanol–water partition coefficient (Wildman–Crippen LogP) is 3.69. The topological polar surface area (TPSA) is 85.8 Å². The van der Waals surface area contributed by atoms with Gasteiger partial charge in [-0.15, -0.1) is 0 Å². The third-order valence-corrected chi connectivity index (χ3v) is 4.30. The maximum Gasteiger partial charge on any atom is 0.227 e. The van der Waals surface area contributed by atoms with Crippen LogP contribution >= 0.6 is 0 Å². The average molecular weight is 391 g/mol. The Bertz CT molecular complexity index is 1090. The molecule has 1 N–H and O–H groups in total. The molecular formula is C21H18FN5O2. The van der Waals surface area contributed by atoms with Gasteiger partial charge >= 0.3 is 0 Å². The first-order chi connectivity index (χ1) is 14.2. The summed E-state index contributed by atoms with van der Waals surface area (Å²) in [5, 5.41) is 11.0. The van der Waals surface area contributed by atoms with E-state index >= 15 is 0 Å². The number of hydrogen-bond acceptors (Lipinski definition) is 5. The average Bonchev–Trinajstić information content (AvgIpc) is 3.38. The zero-order valence-corrected chi connectivity index (χ0v) is 15.5. The van der Waals surface area contributed by atoms with Gasteiger partial charge in [-0.3, -0.25) is 4.79 Å². The Morgan fingerprint density at radius 3 is 2.66 bits per heavy atom. The van der Waals surface area contributed by atoms with Gasteiger partial charge in [0.15, 0.2) is 0 Å². The van der Waals surface area contributed by atoms with E-state index in [9.17, 15) is 9.18 Å². The molecule has 0 bridgehead atoms. The Balaban J connectivity index is 1.33. The van der Waals surface area contributed by atoms with Crippen LogP contribution in [0.3, 0.4) is 0 Å². The third kappa shape index (κ3) is 4.73. The summed E-state index contributed by atoms with van der Waals surface area (Å²) in [6.45, 7) is 0.564. The van der Waals surface area contributed by atoms with E-state index in [2.05, 4.69) is 20.6 Å². The highest BCUT2D eigenvalue weighted by atomic mass is 19.1. The molecule has 0 atom stereocenters. The monoisotopic (exact) mass is 391 g/mol. The maximum atomic E-state index is 13.0. The van der Waals surface area contributed by atoms with Crippen molar-refractivity contribution in [3.8, 4) is 11.4 Å². The van der Waals surface area contributed by atoms with Crippen molar-refractivity contribution in [2.24, 2.45) is 0 Å². The normalized spacial score (nSPS) is 10.8. The molecule has 4 aromatic rings. The van der Waals surface area contributed by atoms with Crippen LogP contribution in [0.15, 0.2) is 71.4 Å². The summed E-state index contributed by atoms with van der Waals surface area (Å²) in [6, 6.07) is 17.4. The number of aryl methyl sites for hydroxylation is 1. The van der Waals surface area contributed by atoms with Gasteiger partial charge in [0.05, 0.1) is 12.7 Å². The Labute approximate surface area is 166 Å².